The standard InChI is InChI=1S/C20H21NO/c1-15(2)20(22)21-18(16-9-5-3-6-10-16)13-14-19(21)17-11-7-4-8-12-17/h3-12,18-19H,1,13-14H2,2H3/t18-,19-/m0/s1. The highest BCUT2D eigenvalue weighted by atomic mass is 16.2. The molecule has 0 spiro atoms. The first-order valence-electron chi connectivity index (χ1n) is 7.76. The largest absolute Gasteiger partial charge is 0.325 e. The number of carbonyl (C=O) groups is 1. The van der Waals surface area contributed by atoms with Crippen LogP contribution in [0.2, 0.25) is 0 Å². The monoisotopic (exact) mass is 291 g/mol. The van der Waals surface area contributed by atoms with E-state index in [0.29, 0.717) is 5.57 Å². The van der Waals surface area contributed by atoms with Crippen LogP contribution in [0.1, 0.15) is 43.0 Å². The second-order valence-corrected chi connectivity index (χ2v) is 5.92. The molecule has 22 heavy (non-hydrogen) atoms. The molecule has 1 amide bonds. The number of likely N-dealkylation sites (tertiary alicyclic amines) is 1. The van der Waals surface area contributed by atoms with Crippen molar-refractivity contribution in [1.29, 1.82) is 0 Å². The van der Waals surface area contributed by atoms with Crippen molar-refractivity contribution in [2.45, 2.75) is 31.8 Å². The molecule has 2 aromatic rings. The van der Waals surface area contributed by atoms with Gasteiger partial charge in [0, 0.05) is 5.57 Å². The molecule has 0 bridgehead atoms. The van der Waals surface area contributed by atoms with Gasteiger partial charge in [0.05, 0.1) is 12.1 Å². The van der Waals surface area contributed by atoms with Gasteiger partial charge in [0.15, 0.2) is 0 Å². The Kier molecular flexibility index (Phi) is 4.10. The van der Waals surface area contributed by atoms with E-state index in [2.05, 4.69) is 30.8 Å². The molecule has 0 aliphatic carbocycles. The third-order valence-corrected chi connectivity index (χ3v) is 4.35. The Morgan fingerprint density at radius 2 is 1.32 bits per heavy atom. The quantitative estimate of drug-likeness (QED) is 0.753. The van der Waals surface area contributed by atoms with Gasteiger partial charge in [0.1, 0.15) is 0 Å². The summed E-state index contributed by atoms with van der Waals surface area (Å²) in [5.74, 6) is 0.0557. The Hall–Kier alpha value is -2.35. The van der Waals surface area contributed by atoms with Gasteiger partial charge in [-0.2, -0.15) is 0 Å². The summed E-state index contributed by atoms with van der Waals surface area (Å²) in [4.78, 5) is 14.8. The van der Waals surface area contributed by atoms with E-state index in [-0.39, 0.29) is 18.0 Å². The van der Waals surface area contributed by atoms with Crippen molar-refractivity contribution in [2.75, 3.05) is 0 Å². The van der Waals surface area contributed by atoms with E-state index in [4.69, 9.17) is 0 Å². The molecule has 0 saturated carbocycles. The fourth-order valence-electron chi connectivity index (χ4n) is 3.32. The molecule has 2 heteroatoms. The van der Waals surface area contributed by atoms with Crippen LogP contribution in [0.3, 0.4) is 0 Å². The molecule has 3 rings (SSSR count). The van der Waals surface area contributed by atoms with Crippen LogP contribution in [0.25, 0.3) is 0 Å². The Morgan fingerprint density at radius 1 is 0.909 bits per heavy atom. The predicted molar refractivity (Wildman–Crippen MR) is 89.3 cm³/mol. The highest BCUT2D eigenvalue weighted by molar-refractivity contribution is 5.93. The molecule has 0 radical (unpaired) electrons. The summed E-state index contributed by atoms with van der Waals surface area (Å²) in [6.45, 7) is 5.66. The molecule has 0 unspecified atom stereocenters. The van der Waals surface area contributed by atoms with Gasteiger partial charge in [-0.15, -0.1) is 0 Å². The molecule has 112 valence electrons. The zero-order chi connectivity index (χ0) is 15.5. The Labute approximate surface area is 132 Å². The molecule has 1 fully saturated rings. The molecule has 1 aliphatic heterocycles. The van der Waals surface area contributed by atoms with Crippen molar-refractivity contribution in [3.8, 4) is 0 Å². The smallest absolute Gasteiger partial charge is 0.249 e. The summed E-state index contributed by atoms with van der Waals surface area (Å²) >= 11 is 0. The first kappa shape index (κ1) is 14.6. The topological polar surface area (TPSA) is 20.3 Å². The molecule has 0 aromatic heterocycles. The van der Waals surface area contributed by atoms with Gasteiger partial charge in [0.2, 0.25) is 5.91 Å². The summed E-state index contributed by atoms with van der Waals surface area (Å²) < 4.78 is 0. The van der Waals surface area contributed by atoms with E-state index in [9.17, 15) is 4.79 Å². The van der Waals surface area contributed by atoms with Crippen molar-refractivity contribution in [3.63, 3.8) is 0 Å². The van der Waals surface area contributed by atoms with Crippen LogP contribution >= 0.6 is 0 Å². The molecule has 2 nitrogen and oxygen atoms in total. The van der Waals surface area contributed by atoms with E-state index in [1.54, 1.807) is 6.92 Å². The number of hydrogen-bond donors (Lipinski definition) is 0. The third-order valence-electron chi connectivity index (χ3n) is 4.35. The maximum Gasteiger partial charge on any atom is 0.249 e. The van der Waals surface area contributed by atoms with Gasteiger partial charge >= 0.3 is 0 Å². The lowest BCUT2D eigenvalue weighted by Crippen LogP contribution is -2.33. The van der Waals surface area contributed by atoms with Crippen LogP contribution in [-0.4, -0.2) is 10.8 Å². The maximum absolute atomic E-state index is 12.7. The number of carbonyl (C=O) groups excluding carboxylic acids is 1. The SMILES string of the molecule is C=C(C)C(=O)N1[C@H](c2ccccc2)CC[C@H]1c1ccccc1. The van der Waals surface area contributed by atoms with Crippen LogP contribution in [0.5, 0.6) is 0 Å². The minimum atomic E-state index is 0.0557. The minimum Gasteiger partial charge on any atom is -0.325 e. The number of benzene rings is 2. The van der Waals surface area contributed by atoms with Gasteiger partial charge in [-0.3, -0.25) is 4.79 Å². The fraction of sp³-hybridized carbons (Fsp3) is 0.250. The molecular weight excluding hydrogens is 270 g/mol. The second-order valence-electron chi connectivity index (χ2n) is 5.92. The van der Waals surface area contributed by atoms with Crippen LogP contribution in [-0.2, 0) is 4.79 Å². The van der Waals surface area contributed by atoms with Gasteiger partial charge in [0.25, 0.3) is 0 Å². The van der Waals surface area contributed by atoms with Crippen LogP contribution < -0.4 is 0 Å². The molecule has 1 aliphatic rings. The fourth-order valence-corrected chi connectivity index (χ4v) is 3.32. The number of nitrogens with zero attached hydrogens (tertiary/aromatic N) is 1. The maximum atomic E-state index is 12.7. The summed E-state index contributed by atoms with van der Waals surface area (Å²) in [5.41, 5.74) is 3.01. The lowest BCUT2D eigenvalue weighted by Gasteiger charge is -2.31. The average Bonchev–Trinajstić information content (AvgIpc) is 3.00. The van der Waals surface area contributed by atoms with E-state index < -0.39 is 0 Å². The Morgan fingerprint density at radius 3 is 1.68 bits per heavy atom. The van der Waals surface area contributed by atoms with Crippen LogP contribution in [0.4, 0.5) is 0 Å². The van der Waals surface area contributed by atoms with Crippen molar-refractivity contribution in [2.24, 2.45) is 0 Å². The molecule has 0 N–H and O–H groups in total. The van der Waals surface area contributed by atoms with Crippen LogP contribution in [0.15, 0.2) is 72.8 Å². The Balaban J connectivity index is 1.99. The number of rotatable bonds is 3. The summed E-state index contributed by atoms with van der Waals surface area (Å²) in [6, 6.07) is 20.9. The highest BCUT2D eigenvalue weighted by Crippen LogP contribution is 2.44. The minimum absolute atomic E-state index is 0.0557. The second kappa shape index (κ2) is 6.18. The zero-order valence-electron chi connectivity index (χ0n) is 12.9. The van der Waals surface area contributed by atoms with E-state index in [1.807, 2.05) is 41.3 Å². The number of amides is 1. The molecular formula is C20H21NO. The average molecular weight is 291 g/mol. The van der Waals surface area contributed by atoms with Gasteiger partial charge in [-0.05, 0) is 30.9 Å². The van der Waals surface area contributed by atoms with Crippen molar-refractivity contribution >= 4 is 5.91 Å². The first-order chi connectivity index (χ1) is 10.7. The number of hydrogen-bond acceptors (Lipinski definition) is 1. The summed E-state index contributed by atoms with van der Waals surface area (Å²) in [7, 11) is 0. The molecule has 1 saturated heterocycles. The van der Waals surface area contributed by atoms with E-state index >= 15 is 0 Å². The van der Waals surface area contributed by atoms with E-state index in [0.717, 1.165) is 12.8 Å². The van der Waals surface area contributed by atoms with Crippen molar-refractivity contribution in [1.82, 2.24) is 4.90 Å². The van der Waals surface area contributed by atoms with Gasteiger partial charge in [-0.25, -0.2) is 0 Å². The van der Waals surface area contributed by atoms with Gasteiger partial charge in [-0.1, -0.05) is 67.2 Å². The normalized spacial score (nSPS) is 20.9. The predicted octanol–water partition coefficient (Wildman–Crippen LogP) is 4.67. The summed E-state index contributed by atoms with van der Waals surface area (Å²) in [5, 5.41) is 0. The highest BCUT2D eigenvalue weighted by Gasteiger charge is 2.38. The molecule has 2 aromatic carbocycles. The van der Waals surface area contributed by atoms with Crippen LogP contribution in [0, 0.1) is 0 Å². The lowest BCUT2D eigenvalue weighted by molar-refractivity contribution is -0.130. The lowest BCUT2D eigenvalue weighted by atomic mass is 10.0. The van der Waals surface area contributed by atoms with Gasteiger partial charge < -0.3 is 4.90 Å². The summed E-state index contributed by atoms with van der Waals surface area (Å²) in [6.07, 6.45) is 1.98. The van der Waals surface area contributed by atoms with E-state index in [1.165, 1.54) is 11.1 Å². The zero-order valence-corrected chi connectivity index (χ0v) is 12.9. The van der Waals surface area contributed by atoms with Crippen molar-refractivity contribution < 1.29 is 4.79 Å². The molecule has 2 atom stereocenters. The molecule has 1 heterocycles. The third kappa shape index (κ3) is 2.69. The Bertz CT molecular complexity index is 615. The first-order valence-corrected chi connectivity index (χ1v) is 7.76. The van der Waals surface area contributed by atoms with Crippen molar-refractivity contribution in [3.05, 3.63) is 83.9 Å².